The van der Waals surface area contributed by atoms with Crippen molar-refractivity contribution in [1.82, 2.24) is 15.3 Å². The van der Waals surface area contributed by atoms with Gasteiger partial charge in [0.25, 0.3) is 0 Å². The number of fused-ring (bicyclic) bond motifs is 1. The third-order valence-electron chi connectivity index (χ3n) is 7.35. The van der Waals surface area contributed by atoms with Gasteiger partial charge >= 0.3 is 0 Å². The van der Waals surface area contributed by atoms with Gasteiger partial charge in [-0.2, -0.15) is 0 Å². The van der Waals surface area contributed by atoms with Gasteiger partial charge < -0.3 is 16.4 Å². The van der Waals surface area contributed by atoms with Crippen LogP contribution in [0.15, 0.2) is 65.6 Å². The number of nitrogens with zero attached hydrogens (tertiary/aromatic N) is 2. The molecular weight excluding hydrogens is 527 g/mol. The number of nitrogens with two attached hydrogens (primary N) is 2. The first-order valence-corrected chi connectivity index (χ1v) is 14.5. The monoisotopic (exact) mass is 556 g/mol. The molecule has 1 saturated carbocycles. The van der Waals surface area contributed by atoms with Crippen LogP contribution >= 0.6 is 11.6 Å². The van der Waals surface area contributed by atoms with E-state index in [-0.39, 0.29) is 22.0 Å². The van der Waals surface area contributed by atoms with Crippen LogP contribution in [0.2, 0.25) is 5.02 Å². The maximum absolute atomic E-state index is 15.9. The smallest absolute Gasteiger partial charge is 0.239 e. The third kappa shape index (κ3) is 4.89. The molecule has 0 spiro atoms. The van der Waals surface area contributed by atoms with Crippen LogP contribution in [0.1, 0.15) is 49.3 Å². The van der Waals surface area contributed by atoms with Crippen molar-refractivity contribution in [2.75, 3.05) is 5.32 Å². The molecule has 2 heterocycles. The van der Waals surface area contributed by atoms with Crippen molar-refractivity contribution in [3.05, 3.63) is 82.4 Å². The van der Waals surface area contributed by atoms with E-state index in [1.54, 1.807) is 24.5 Å². The molecule has 0 amide bonds. The predicted molar refractivity (Wildman–Crippen MR) is 148 cm³/mol. The number of sulfonamides is 1. The standard InChI is InChI=1S/C27H30ClFN6O2S/c1-2-16-12-19(13-17-15-32-26(35-25(16)17)34-21-8-6-20(30)7-9-21)27(24(29)4-3-11-33-27)18-5-10-22(28)23(14-18)38(31,36)37/h3-5,10-15,20-21,33H,2,6-9,30H2,1H3,(H2,31,36,37)(H,32,34,35). The first kappa shape index (κ1) is 26.6. The summed E-state index contributed by atoms with van der Waals surface area (Å²) in [6.07, 6.45) is 10.7. The predicted octanol–water partition coefficient (Wildman–Crippen LogP) is 4.39. The number of aryl methyl sites for hydroxylation is 1. The number of nitrogens with one attached hydrogen (secondary N) is 2. The lowest BCUT2D eigenvalue weighted by Crippen LogP contribution is -2.43. The normalized spacial score (nSPS) is 23.7. The van der Waals surface area contributed by atoms with E-state index in [9.17, 15) is 8.42 Å². The average Bonchev–Trinajstić information content (AvgIpc) is 2.89. The van der Waals surface area contributed by atoms with Gasteiger partial charge in [0, 0.05) is 23.7 Å². The lowest BCUT2D eigenvalue weighted by atomic mass is 9.79. The molecule has 1 atom stereocenters. The lowest BCUT2D eigenvalue weighted by molar-refractivity contribution is 0.410. The topological polar surface area (TPSA) is 136 Å². The zero-order valence-corrected chi connectivity index (χ0v) is 22.5. The summed E-state index contributed by atoms with van der Waals surface area (Å²) in [5, 5.41) is 12.7. The van der Waals surface area contributed by atoms with Gasteiger partial charge in [-0.05, 0) is 85.3 Å². The van der Waals surface area contributed by atoms with Gasteiger partial charge in [-0.1, -0.05) is 30.7 Å². The molecule has 8 nitrogen and oxygen atoms in total. The molecule has 2 aromatic carbocycles. The fraction of sp³-hybridized carbons (Fsp3) is 0.333. The summed E-state index contributed by atoms with van der Waals surface area (Å²) in [6, 6.07) is 8.55. The van der Waals surface area contributed by atoms with E-state index in [2.05, 4.69) is 15.6 Å². The minimum atomic E-state index is -4.14. The van der Waals surface area contributed by atoms with Gasteiger partial charge in [-0.15, -0.1) is 0 Å². The Hall–Kier alpha value is -3.05. The minimum Gasteiger partial charge on any atom is -0.372 e. The van der Waals surface area contributed by atoms with Crippen molar-refractivity contribution in [1.29, 1.82) is 0 Å². The van der Waals surface area contributed by atoms with E-state index < -0.39 is 21.4 Å². The highest BCUT2D eigenvalue weighted by atomic mass is 35.5. The van der Waals surface area contributed by atoms with E-state index >= 15 is 4.39 Å². The molecule has 2 aliphatic rings. The number of dihydropyridines is 1. The Morgan fingerprint density at radius 3 is 2.63 bits per heavy atom. The van der Waals surface area contributed by atoms with Crippen molar-refractivity contribution in [3.63, 3.8) is 0 Å². The zero-order valence-electron chi connectivity index (χ0n) is 20.9. The van der Waals surface area contributed by atoms with Crippen LogP contribution in [0.3, 0.4) is 0 Å². The van der Waals surface area contributed by atoms with E-state index in [4.69, 9.17) is 27.5 Å². The molecule has 0 radical (unpaired) electrons. The highest BCUT2D eigenvalue weighted by Crippen LogP contribution is 2.42. The van der Waals surface area contributed by atoms with Crippen molar-refractivity contribution in [2.24, 2.45) is 10.9 Å². The number of aromatic nitrogens is 2. The van der Waals surface area contributed by atoms with Crippen LogP contribution in [0, 0.1) is 0 Å². The van der Waals surface area contributed by atoms with E-state index in [0.717, 1.165) is 42.1 Å². The maximum Gasteiger partial charge on any atom is 0.239 e. The molecule has 0 saturated heterocycles. The summed E-state index contributed by atoms with van der Waals surface area (Å²) in [5.41, 5.74) is 7.10. The molecule has 5 rings (SSSR count). The highest BCUT2D eigenvalue weighted by Gasteiger charge is 2.41. The Morgan fingerprint density at radius 2 is 1.95 bits per heavy atom. The van der Waals surface area contributed by atoms with Crippen molar-refractivity contribution < 1.29 is 12.8 Å². The van der Waals surface area contributed by atoms with Crippen LogP contribution in [0.5, 0.6) is 0 Å². The van der Waals surface area contributed by atoms with Gasteiger partial charge in [0.05, 0.1) is 10.5 Å². The molecule has 3 aromatic rings. The number of primary sulfonamides is 1. The molecule has 11 heteroatoms. The number of rotatable bonds is 6. The van der Waals surface area contributed by atoms with Crippen LogP contribution in [-0.2, 0) is 22.0 Å². The molecule has 1 fully saturated rings. The SMILES string of the molecule is CCc1cc(C2(c3ccc(Cl)c(S(N)(=O)=O)c3)NC=CC=C2F)cc2cnc(NC3CCC(N)CC3)nc12. The van der Waals surface area contributed by atoms with Gasteiger partial charge in [-0.3, -0.25) is 0 Å². The number of allylic oxidation sites excluding steroid dienone is 2. The Bertz CT molecular complexity index is 1550. The molecule has 1 aliphatic heterocycles. The molecule has 38 heavy (non-hydrogen) atoms. The molecule has 200 valence electrons. The molecule has 1 aliphatic carbocycles. The Labute approximate surface area is 226 Å². The average molecular weight is 557 g/mol. The van der Waals surface area contributed by atoms with Crippen molar-refractivity contribution in [2.45, 2.75) is 61.5 Å². The van der Waals surface area contributed by atoms with E-state index in [0.29, 0.717) is 23.5 Å². The Balaban J connectivity index is 1.62. The van der Waals surface area contributed by atoms with E-state index in [1.807, 2.05) is 19.1 Å². The third-order valence-corrected chi connectivity index (χ3v) is 8.74. The van der Waals surface area contributed by atoms with Crippen LogP contribution in [0.4, 0.5) is 10.3 Å². The van der Waals surface area contributed by atoms with Gasteiger partial charge in [0.15, 0.2) is 0 Å². The summed E-state index contributed by atoms with van der Waals surface area (Å²) in [5.74, 6) is 0.0363. The summed E-state index contributed by atoms with van der Waals surface area (Å²) in [4.78, 5) is 9.07. The first-order valence-electron chi connectivity index (χ1n) is 12.6. The molecule has 0 bridgehead atoms. The van der Waals surface area contributed by atoms with Gasteiger partial charge in [-0.25, -0.2) is 27.9 Å². The fourth-order valence-electron chi connectivity index (χ4n) is 5.28. The second kappa shape index (κ2) is 10.3. The highest BCUT2D eigenvalue weighted by molar-refractivity contribution is 7.89. The van der Waals surface area contributed by atoms with E-state index in [1.165, 1.54) is 18.2 Å². The second-order valence-electron chi connectivity index (χ2n) is 9.83. The van der Waals surface area contributed by atoms with Gasteiger partial charge in [0.1, 0.15) is 16.3 Å². The quantitative estimate of drug-likeness (QED) is 0.353. The first-order chi connectivity index (χ1) is 18.1. The summed E-state index contributed by atoms with van der Waals surface area (Å²) in [6.45, 7) is 2.00. The maximum atomic E-state index is 15.9. The number of halogens is 2. The van der Waals surface area contributed by atoms with Crippen molar-refractivity contribution >= 4 is 38.5 Å². The van der Waals surface area contributed by atoms with Gasteiger partial charge in [0.2, 0.25) is 16.0 Å². The van der Waals surface area contributed by atoms with Crippen LogP contribution in [-0.4, -0.2) is 30.5 Å². The van der Waals surface area contributed by atoms with Crippen LogP contribution in [0.25, 0.3) is 10.9 Å². The number of hydrogen-bond acceptors (Lipinski definition) is 7. The zero-order chi connectivity index (χ0) is 27.1. The summed E-state index contributed by atoms with van der Waals surface area (Å²) < 4.78 is 40.3. The largest absolute Gasteiger partial charge is 0.372 e. The molecule has 1 aromatic heterocycles. The van der Waals surface area contributed by atoms with Crippen molar-refractivity contribution in [3.8, 4) is 0 Å². The van der Waals surface area contributed by atoms with Crippen LogP contribution < -0.4 is 21.5 Å². The Kier molecular flexibility index (Phi) is 7.17. The molecule has 6 N–H and O–H groups in total. The molecular formula is C27H30ClFN6O2S. The number of anilines is 1. The summed E-state index contributed by atoms with van der Waals surface area (Å²) in [7, 11) is -4.14. The fourth-order valence-corrected chi connectivity index (χ4v) is 6.36. The Morgan fingerprint density at radius 1 is 1.18 bits per heavy atom. The number of hydrogen-bond donors (Lipinski definition) is 4. The lowest BCUT2D eigenvalue weighted by Gasteiger charge is -2.36. The second-order valence-corrected chi connectivity index (χ2v) is 11.8. The molecule has 1 unspecified atom stereocenters. The summed E-state index contributed by atoms with van der Waals surface area (Å²) >= 11 is 6.13. The number of benzene rings is 2. The minimum absolute atomic E-state index is 0.0386.